The molecule has 1 aromatic carbocycles. The lowest BCUT2D eigenvalue weighted by Crippen LogP contribution is -2.24. The Bertz CT molecular complexity index is 414. The van der Waals surface area contributed by atoms with Crippen molar-refractivity contribution in [2.75, 3.05) is 13.6 Å². The normalized spacial score (nSPS) is 12.7. The number of carboxylic acid groups (broad SMARTS) is 1. The van der Waals surface area contributed by atoms with Crippen molar-refractivity contribution in [3.8, 4) is 5.75 Å². The fourth-order valence-corrected chi connectivity index (χ4v) is 2.02. The average molecular weight is 279 g/mol. The molecule has 1 rings (SSSR count). The van der Waals surface area contributed by atoms with Crippen LogP contribution in [0.1, 0.15) is 45.2 Å². The Kier molecular flexibility index (Phi) is 6.52. The van der Waals surface area contributed by atoms with Crippen LogP contribution in [0.15, 0.2) is 24.3 Å². The molecule has 1 N–H and O–H groups in total. The van der Waals surface area contributed by atoms with E-state index in [-0.39, 0.29) is 18.6 Å². The van der Waals surface area contributed by atoms with Crippen molar-refractivity contribution in [2.45, 2.75) is 45.8 Å². The number of carboxylic acids is 1. The quantitative estimate of drug-likeness (QED) is 0.793. The number of hydrogen-bond donors (Lipinski definition) is 1. The summed E-state index contributed by atoms with van der Waals surface area (Å²) in [4.78, 5) is 12.7. The summed E-state index contributed by atoms with van der Waals surface area (Å²) >= 11 is 0. The molecule has 4 heteroatoms. The first-order valence-corrected chi connectivity index (χ1v) is 7.08. The smallest absolute Gasteiger partial charge is 0.303 e. The first kappa shape index (κ1) is 16.5. The molecule has 20 heavy (non-hydrogen) atoms. The number of ether oxygens (including phenoxy) is 1. The van der Waals surface area contributed by atoms with Gasteiger partial charge in [0.15, 0.2) is 0 Å². The minimum Gasteiger partial charge on any atom is -0.491 e. The zero-order valence-electron chi connectivity index (χ0n) is 12.8. The minimum absolute atomic E-state index is 0.178. The van der Waals surface area contributed by atoms with Crippen LogP contribution >= 0.6 is 0 Å². The fourth-order valence-electron chi connectivity index (χ4n) is 2.02. The van der Waals surface area contributed by atoms with Crippen LogP contribution in [0.4, 0.5) is 0 Å². The van der Waals surface area contributed by atoms with E-state index in [4.69, 9.17) is 9.84 Å². The molecule has 1 unspecified atom stereocenters. The summed E-state index contributed by atoms with van der Waals surface area (Å²) in [5.74, 6) is 0.144. The van der Waals surface area contributed by atoms with Crippen LogP contribution in [0.5, 0.6) is 5.75 Å². The number of rotatable bonds is 8. The van der Waals surface area contributed by atoms with E-state index >= 15 is 0 Å². The van der Waals surface area contributed by atoms with E-state index in [0.29, 0.717) is 6.42 Å². The van der Waals surface area contributed by atoms with E-state index in [0.717, 1.165) is 12.3 Å². The van der Waals surface area contributed by atoms with Gasteiger partial charge in [0, 0.05) is 12.5 Å². The predicted octanol–water partition coefficient (Wildman–Crippen LogP) is 3.33. The van der Waals surface area contributed by atoms with Crippen LogP contribution in [-0.4, -0.2) is 35.7 Å². The van der Waals surface area contributed by atoms with Crippen molar-refractivity contribution in [3.63, 3.8) is 0 Å². The van der Waals surface area contributed by atoms with Gasteiger partial charge in [-0.1, -0.05) is 12.1 Å². The molecule has 0 radical (unpaired) electrons. The fraction of sp³-hybridized carbons (Fsp3) is 0.562. The maximum Gasteiger partial charge on any atom is 0.303 e. The minimum atomic E-state index is -0.735. The van der Waals surface area contributed by atoms with E-state index in [1.54, 1.807) is 0 Å². The molecule has 0 spiro atoms. The molecule has 0 aliphatic rings. The zero-order valence-corrected chi connectivity index (χ0v) is 12.8. The third-order valence-electron chi connectivity index (χ3n) is 3.30. The summed E-state index contributed by atoms with van der Waals surface area (Å²) in [5.41, 5.74) is 1.21. The second kappa shape index (κ2) is 7.90. The van der Waals surface area contributed by atoms with Gasteiger partial charge in [0.2, 0.25) is 0 Å². The Labute approximate surface area is 121 Å². The van der Waals surface area contributed by atoms with Gasteiger partial charge in [-0.25, -0.2) is 0 Å². The molecule has 112 valence electrons. The molecule has 0 bridgehead atoms. The highest BCUT2D eigenvalue weighted by molar-refractivity contribution is 5.66. The second-order valence-electron chi connectivity index (χ2n) is 5.39. The largest absolute Gasteiger partial charge is 0.491 e. The third kappa shape index (κ3) is 5.61. The number of hydrogen-bond acceptors (Lipinski definition) is 3. The molecule has 0 heterocycles. The highest BCUT2D eigenvalue weighted by Gasteiger charge is 2.12. The van der Waals surface area contributed by atoms with Gasteiger partial charge in [0.05, 0.1) is 6.10 Å². The van der Waals surface area contributed by atoms with Crippen LogP contribution in [-0.2, 0) is 4.79 Å². The Hall–Kier alpha value is -1.55. The summed E-state index contributed by atoms with van der Waals surface area (Å²) in [6.45, 7) is 6.91. The number of benzene rings is 1. The summed E-state index contributed by atoms with van der Waals surface area (Å²) in [7, 11) is 2.02. The SMILES string of the molecule is CC(C)Oc1ccc(C(C)N(C)CCCC(=O)O)cc1. The summed E-state index contributed by atoms with van der Waals surface area (Å²) in [6, 6.07) is 8.36. The van der Waals surface area contributed by atoms with Crippen LogP contribution < -0.4 is 4.74 Å². The Morgan fingerprint density at radius 1 is 1.25 bits per heavy atom. The van der Waals surface area contributed by atoms with Gasteiger partial charge in [-0.05, 0) is 58.5 Å². The molecule has 0 aromatic heterocycles. The Morgan fingerprint density at radius 3 is 2.35 bits per heavy atom. The van der Waals surface area contributed by atoms with Gasteiger partial charge in [-0.3, -0.25) is 9.69 Å². The molecule has 1 aromatic rings. The van der Waals surface area contributed by atoms with Gasteiger partial charge in [-0.2, -0.15) is 0 Å². The van der Waals surface area contributed by atoms with Gasteiger partial charge < -0.3 is 9.84 Å². The predicted molar refractivity (Wildman–Crippen MR) is 80.1 cm³/mol. The lowest BCUT2D eigenvalue weighted by atomic mass is 10.1. The molecule has 4 nitrogen and oxygen atoms in total. The second-order valence-corrected chi connectivity index (χ2v) is 5.39. The van der Waals surface area contributed by atoms with Crippen molar-refractivity contribution < 1.29 is 14.6 Å². The lowest BCUT2D eigenvalue weighted by Gasteiger charge is -2.25. The zero-order chi connectivity index (χ0) is 15.1. The molecule has 0 amide bonds. The first-order valence-electron chi connectivity index (χ1n) is 7.08. The van der Waals surface area contributed by atoms with Crippen molar-refractivity contribution in [1.29, 1.82) is 0 Å². The first-order chi connectivity index (χ1) is 9.40. The van der Waals surface area contributed by atoms with Crippen LogP contribution in [0.3, 0.4) is 0 Å². The third-order valence-corrected chi connectivity index (χ3v) is 3.30. The molecular weight excluding hydrogens is 254 g/mol. The molecule has 0 fully saturated rings. The topological polar surface area (TPSA) is 49.8 Å². The number of aliphatic carboxylic acids is 1. The molecule has 1 atom stereocenters. The van der Waals surface area contributed by atoms with E-state index in [9.17, 15) is 4.79 Å². The highest BCUT2D eigenvalue weighted by atomic mass is 16.5. The van der Waals surface area contributed by atoms with Gasteiger partial charge in [0.1, 0.15) is 5.75 Å². The van der Waals surface area contributed by atoms with Crippen LogP contribution in [0, 0.1) is 0 Å². The summed E-state index contributed by atoms with van der Waals surface area (Å²) < 4.78 is 5.62. The van der Waals surface area contributed by atoms with Crippen molar-refractivity contribution >= 4 is 5.97 Å². The van der Waals surface area contributed by atoms with Gasteiger partial charge in [-0.15, -0.1) is 0 Å². The standard InChI is InChI=1S/C16H25NO3/c1-12(2)20-15-9-7-14(8-10-15)13(3)17(4)11-5-6-16(18)19/h7-10,12-13H,5-6,11H2,1-4H3,(H,18,19). The summed E-state index contributed by atoms with van der Waals surface area (Å²) in [5, 5.41) is 8.65. The van der Waals surface area contributed by atoms with Crippen molar-refractivity contribution in [1.82, 2.24) is 4.90 Å². The van der Waals surface area contributed by atoms with Gasteiger partial charge >= 0.3 is 5.97 Å². The maximum absolute atomic E-state index is 10.5. The molecule has 0 aliphatic carbocycles. The van der Waals surface area contributed by atoms with E-state index in [2.05, 4.69) is 24.0 Å². The lowest BCUT2D eigenvalue weighted by molar-refractivity contribution is -0.137. The van der Waals surface area contributed by atoms with E-state index in [1.165, 1.54) is 5.56 Å². The monoisotopic (exact) mass is 279 g/mol. The molecule has 0 aliphatic heterocycles. The maximum atomic E-state index is 10.5. The summed E-state index contributed by atoms with van der Waals surface area (Å²) in [6.07, 6.45) is 1.07. The van der Waals surface area contributed by atoms with Gasteiger partial charge in [0.25, 0.3) is 0 Å². The number of carbonyl (C=O) groups is 1. The van der Waals surface area contributed by atoms with E-state index < -0.39 is 5.97 Å². The molecule has 0 saturated carbocycles. The van der Waals surface area contributed by atoms with Crippen molar-refractivity contribution in [2.24, 2.45) is 0 Å². The Balaban J connectivity index is 2.53. The number of nitrogens with zero attached hydrogens (tertiary/aromatic N) is 1. The highest BCUT2D eigenvalue weighted by Crippen LogP contribution is 2.22. The molecular formula is C16H25NO3. The average Bonchev–Trinajstić information content (AvgIpc) is 2.37. The van der Waals surface area contributed by atoms with Crippen LogP contribution in [0.2, 0.25) is 0 Å². The van der Waals surface area contributed by atoms with E-state index in [1.807, 2.05) is 33.0 Å². The Morgan fingerprint density at radius 2 is 1.85 bits per heavy atom. The molecule has 0 saturated heterocycles. The van der Waals surface area contributed by atoms with Crippen molar-refractivity contribution in [3.05, 3.63) is 29.8 Å². The van der Waals surface area contributed by atoms with Crippen LogP contribution in [0.25, 0.3) is 0 Å².